The maximum atomic E-state index is 13.1. The quantitative estimate of drug-likeness (QED) is 0.559. The van der Waals surface area contributed by atoms with Gasteiger partial charge in [-0.1, -0.05) is 17.4 Å². The van der Waals surface area contributed by atoms with E-state index in [1.165, 1.54) is 45.5 Å². The summed E-state index contributed by atoms with van der Waals surface area (Å²) >= 11 is 1.49. The van der Waals surface area contributed by atoms with Crippen LogP contribution in [0.5, 0.6) is 0 Å². The van der Waals surface area contributed by atoms with Gasteiger partial charge in [-0.3, -0.25) is 4.79 Å². The molecule has 176 valence electrons. The Balaban J connectivity index is 1.64. The number of amides is 1. The van der Waals surface area contributed by atoms with E-state index in [-0.39, 0.29) is 17.1 Å². The highest BCUT2D eigenvalue weighted by Crippen LogP contribution is 2.24. The third-order valence-electron chi connectivity index (χ3n) is 5.75. The van der Waals surface area contributed by atoms with E-state index < -0.39 is 15.9 Å². The summed E-state index contributed by atoms with van der Waals surface area (Å²) in [7, 11) is -3.66. The molecule has 2 heterocycles. The van der Waals surface area contributed by atoms with Crippen LogP contribution in [0.3, 0.4) is 0 Å². The van der Waals surface area contributed by atoms with Gasteiger partial charge in [0.2, 0.25) is 10.0 Å². The van der Waals surface area contributed by atoms with E-state index in [4.69, 9.17) is 4.74 Å². The number of hydrogen-bond acceptors (Lipinski definition) is 5. The van der Waals surface area contributed by atoms with Crippen LogP contribution < -0.4 is 4.80 Å². The predicted molar refractivity (Wildman–Crippen MR) is 130 cm³/mol. The van der Waals surface area contributed by atoms with Crippen molar-refractivity contribution in [3.05, 3.63) is 57.9 Å². The number of carbonyl (C=O) groups excluding carboxylic acids is 1. The zero-order valence-electron chi connectivity index (χ0n) is 19.5. The van der Waals surface area contributed by atoms with Crippen molar-refractivity contribution in [2.24, 2.45) is 4.99 Å². The molecule has 1 aliphatic rings. The van der Waals surface area contributed by atoms with Crippen molar-refractivity contribution >= 4 is 37.5 Å². The number of fused-ring (bicyclic) bond motifs is 1. The number of thiazole rings is 1. The molecular formula is C24H29N3O4S2. The lowest BCUT2D eigenvalue weighted by Crippen LogP contribution is -2.48. The van der Waals surface area contributed by atoms with Crippen molar-refractivity contribution in [1.82, 2.24) is 8.87 Å². The second kappa shape index (κ2) is 9.13. The molecule has 0 radical (unpaired) electrons. The minimum atomic E-state index is -3.66. The van der Waals surface area contributed by atoms with Crippen molar-refractivity contribution in [2.45, 2.75) is 58.3 Å². The van der Waals surface area contributed by atoms with E-state index in [1.807, 2.05) is 25.3 Å². The Kier molecular flexibility index (Phi) is 6.59. The summed E-state index contributed by atoms with van der Waals surface area (Å²) in [5.41, 5.74) is 3.75. The Hall–Kier alpha value is -2.33. The molecule has 0 spiro atoms. The number of benzene rings is 2. The maximum absolute atomic E-state index is 13.1. The fourth-order valence-electron chi connectivity index (χ4n) is 4.30. The Morgan fingerprint density at radius 1 is 1.12 bits per heavy atom. The SMILES string of the molecule is CCn1c(=NC(=O)c2ccc(S(=O)(=O)N3CC(C)OC(C)C3)cc2)sc2c(C)cc(C)cc21. The lowest BCUT2D eigenvalue weighted by Gasteiger charge is -2.34. The normalized spacial score (nSPS) is 20.5. The Labute approximate surface area is 198 Å². The summed E-state index contributed by atoms with van der Waals surface area (Å²) in [5, 5.41) is 0. The van der Waals surface area contributed by atoms with Crippen molar-refractivity contribution in [2.75, 3.05) is 13.1 Å². The molecule has 7 nitrogen and oxygen atoms in total. The number of sulfonamides is 1. The van der Waals surface area contributed by atoms with Crippen LogP contribution in [-0.4, -0.2) is 48.5 Å². The monoisotopic (exact) mass is 487 g/mol. The Morgan fingerprint density at radius 2 is 1.76 bits per heavy atom. The van der Waals surface area contributed by atoms with Gasteiger partial charge in [0.15, 0.2) is 4.80 Å². The summed E-state index contributed by atoms with van der Waals surface area (Å²) in [4.78, 5) is 18.1. The molecule has 1 amide bonds. The van der Waals surface area contributed by atoms with Gasteiger partial charge in [0.1, 0.15) is 0 Å². The molecule has 2 unspecified atom stereocenters. The minimum Gasteiger partial charge on any atom is -0.373 e. The lowest BCUT2D eigenvalue weighted by atomic mass is 10.1. The summed E-state index contributed by atoms with van der Waals surface area (Å²) in [5.74, 6) is -0.393. The van der Waals surface area contributed by atoms with Crippen LogP contribution in [-0.2, 0) is 21.3 Å². The molecule has 1 aliphatic heterocycles. The number of carbonyl (C=O) groups is 1. The van der Waals surface area contributed by atoms with E-state index in [9.17, 15) is 13.2 Å². The van der Waals surface area contributed by atoms with E-state index in [0.29, 0.717) is 30.0 Å². The molecule has 0 bridgehead atoms. The number of rotatable bonds is 4. The smallest absolute Gasteiger partial charge is 0.279 e. The minimum absolute atomic E-state index is 0.164. The number of aryl methyl sites for hydroxylation is 3. The molecule has 0 N–H and O–H groups in total. The van der Waals surface area contributed by atoms with Gasteiger partial charge in [0.25, 0.3) is 5.91 Å². The van der Waals surface area contributed by atoms with Gasteiger partial charge < -0.3 is 9.30 Å². The standard InChI is InChI=1S/C24H29N3O4S2/c1-6-27-21-12-15(2)11-16(3)22(21)32-24(27)25-23(28)19-7-9-20(10-8-19)33(29,30)26-13-17(4)31-18(5)14-26/h7-12,17-18H,6,13-14H2,1-5H3. The average Bonchev–Trinajstić information content (AvgIpc) is 3.10. The van der Waals surface area contributed by atoms with E-state index >= 15 is 0 Å². The first-order valence-electron chi connectivity index (χ1n) is 11.1. The van der Waals surface area contributed by atoms with Crippen LogP contribution in [0.2, 0.25) is 0 Å². The number of aromatic nitrogens is 1. The topological polar surface area (TPSA) is 81.0 Å². The third-order valence-corrected chi connectivity index (χ3v) is 8.83. The fraction of sp³-hybridized carbons (Fsp3) is 0.417. The lowest BCUT2D eigenvalue weighted by molar-refractivity contribution is -0.0440. The van der Waals surface area contributed by atoms with E-state index in [1.54, 1.807) is 0 Å². The molecule has 1 saturated heterocycles. The number of hydrogen-bond donors (Lipinski definition) is 0. The largest absolute Gasteiger partial charge is 0.373 e. The second-order valence-corrected chi connectivity index (χ2v) is 11.5. The molecule has 1 fully saturated rings. The van der Waals surface area contributed by atoms with Crippen molar-refractivity contribution in [3.8, 4) is 0 Å². The van der Waals surface area contributed by atoms with E-state index in [0.717, 1.165) is 15.8 Å². The van der Waals surface area contributed by atoms with Crippen LogP contribution >= 0.6 is 11.3 Å². The second-order valence-electron chi connectivity index (χ2n) is 8.58. The molecule has 0 saturated carbocycles. The van der Waals surface area contributed by atoms with Crippen LogP contribution in [0.25, 0.3) is 10.2 Å². The van der Waals surface area contributed by atoms with Crippen LogP contribution in [0.1, 0.15) is 42.3 Å². The average molecular weight is 488 g/mol. The number of morpholine rings is 1. The van der Waals surface area contributed by atoms with E-state index in [2.05, 4.69) is 31.0 Å². The van der Waals surface area contributed by atoms with Crippen molar-refractivity contribution < 1.29 is 17.9 Å². The van der Waals surface area contributed by atoms with Gasteiger partial charge >= 0.3 is 0 Å². The molecule has 2 atom stereocenters. The number of ether oxygens (including phenoxy) is 1. The first-order valence-corrected chi connectivity index (χ1v) is 13.3. The third kappa shape index (κ3) is 4.68. The highest BCUT2D eigenvalue weighted by Gasteiger charge is 2.32. The zero-order valence-corrected chi connectivity index (χ0v) is 21.2. The van der Waals surface area contributed by atoms with Gasteiger partial charge in [0, 0.05) is 25.2 Å². The first kappa shape index (κ1) is 23.8. The van der Waals surface area contributed by atoms with Gasteiger partial charge in [0.05, 0.1) is 27.3 Å². The molecule has 4 rings (SSSR count). The Bertz CT molecular complexity index is 1360. The Morgan fingerprint density at radius 3 is 2.36 bits per heavy atom. The summed E-state index contributed by atoms with van der Waals surface area (Å²) < 4.78 is 36.3. The molecule has 33 heavy (non-hydrogen) atoms. The van der Waals surface area contributed by atoms with Crippen LogP contribution in [0.4, 0.5) is 0 Å². The fourth-order valence-corrected chi connectivity index (χ4v) is 7.03. The van der Waals surface area contributed by atoms with Gasteiger partial charge in [-0.15, -0.1) is 0 Å². The summed E-state index contributed by atoms with van der Waals surface area (Å²) in [6.45, 7) is 11.2. The van der Waals surface area contributed by atoms with Gasteiger partial charge in [-0.05, 0) is 76.1 Å². The van der Waals surface area contributed by atoms with Crippen LogP contribution in [0.15, 0.2) is 46.3 Å². The summed E-state index contributed by atoms with van der Waals surface area (Å²) in [6.07, 6.45) is -0.329. The van der Waals surface area contributed by atoms with Crippen LogP contribution in [0, 0.1) is 13.8 Å². The number of nitrogens with zero attached hydrogens (tertiary/aromatic N) is 3. The zero-order chi connectivity index (χ0) is 23.9. The van der Waals surface area contributed by atoms with Gasteiger partial charge in [-0.2, -0.15) is 9.30 Å². The van der Waals surface area contributed by atoms with Gasteiger partial charge in [-0.25, -0.2) is 8.42 Å². The molecule has 3 aromatic rings. The highest BCUT2D eigenvalue weighted by molar-refractivity contribution is 7.89. The molecule has 0 aliphatic carbocycles. The molecule has 9 heteroatoms. The molecule has 1 aromatic heterocycles. The molecular weight excluding hydrogens is 458 g/mol. The first-order chi connectivity index (χ1) is 15.6. The summed E-state index contributed by atoms with van der Waals surface area (Å²) in [6, 6.07) is 10.3. The highest BCUT2D eigenvalue weighted by atomic mass is 32.2. The van der Waals surface area contributed by atoms with Crippen molar-refractivity contribution in [1.29, 1.82) is 0 Å². The molecule has 2 aromatic carbocycles. The predicted octanol–water partition coefficient (Wildman–Crippen LogP) is 3.88. The maximum Gasteiger partial charge on any atom is 0.279 e. The van der Waals surface area contributed by atoms with Crippen molar-refractivity contribution in [3.63, 3.8) is 0 Å².